The van der Waals surface area contributed by atoms with E-state index in [0.717, 1.165) is 30.9 Å². The number of aromatic nitrogens is 2. The van der Waals surface area contributed by atoms with E-state index in [1.54, 1.807) is 11.8 Å². The highest BCUT2D eigenvalue weighted by atomic mass is 16.5. The number of nitrogen functional groups attached to an aromatic ring is 1. The van der Waals surface area contributed by atoms with Gasteiger partial charge in [0.25, 0.3) is 0 Å². The normalized spacial score (nSPS) is 10.8. The molecule has 0 unspecified atom stereocenters. The molecule has 0 aliphatic rings. The number of ether oxygens (including phenoxy) is 2. The van der Waals surface area contributed by atoms with Gasteiger partial charge in [-0.25, -0.2) is 4.68 Å². The van der Waals surface area contributed by atoms with Crippen molar-refractivity contribution in [2.75, 3.05) is 19.5 Å². The summed E-state index contributed by atoms with van der Waals surface area (Å²) >= 11 is 0. The lowest BCUT2D eigenvalue weighted by molar-refractivity contribution is 0.202. The second-order valence-corrected chi connectivity index (χ2v) is 4.63. The number of nitrogens with two attached hydrogens (primary N) is 1. The van der Waals surface area contributed by atoms with Gasteiger partial charge in [0.15, 0.2) is 0 Å². The first kappa shape index (κ1) is 14.4. The summed E-state index contributed by atoms with van der Waals surface area (Å²) in [5.74, 6) is 1.34. The van der Waals surface area contributed by atoms with Crippen molar-refractivity contribution in [1.82, 2.24) is 9.78 Å². The van der Waals surface area contributed by atoms with Crippen molar-refractivity contribution in [3.8, 4) is 11.6 Å². The molecule has 0 aliphatic carbocycles. The first-order valence-corrected chi connectivity index (χ1v) is 6.72. The maximum Gasteiger partial charge on any atom is 0.241 e. The molecule has 108 valence electrons. The van der Waals surface area contributed by atoms with Crippen LogP contribution in [-0.2, 0) is 24.6 Å². The molecule has 1 aromatic carbocycles. The first-order chi connectivity index (χ1) is 9.65. The highest BCUT2D eigenvalue weighted by Gasteiger charge is 2.13. The van der Waals surface area contributed by atoms with Crippen molar-refractivity contribution in [2.45, 2.75) is 19.8 Å². The summed E-state index contributed by atoms with van der Waals surface area (Å²) in [4.78, 5) is 0. The van der Waals surface area contributed by atoms with E-state index in [0.29, 0.717) is 11.6 Å². The standard InChI is InChI=1S/C15H21N3O2/c1-4-13-14(16)15(18(2)17-13)20-12-7-5-11(6-8-12)9-10-19-3/h5-8H,4,9-10,16H2,1-3H3. The van der Waals surface area contributed by atoms with Gasteiger partial charge in [-0.05, 0) is 30.5 Å². The molecule has 0 radical (unpaired) electrons. The molecule has 0 fully saturated rings. The SMILES string of the molecule is CCc1nn(C)c(Oc2ccc(CCOC)cc2)c1N. The van der Waals surface area contributed by atoms with Gasteiger partial charge in [0.05, 0.1) is 12.3 Å². The number of nitrogens with zero attached hydrogens (tertiary/aromatic N) is 2. The van der Waals surface area contributed by atoms with Crippen molar-refractivity contribution in [3.63, 3.8) is 0 Å². The Bertz CT molecular complexity index is 561. The Hall–Kier alpha value is -2.01. The fourth-order valence-electron chi connectivity index (χ4n) is 2.02. The molecule has 0 amide bonds. The van der Waals surface area contributed by atoms with Crippen LogP contribution in [-0.4, -0.2) is 23.5 Å². The molecule has 5 nitrogen and oxygen atoms in total. The Morgan fingerprint density at radius 3 is 2.50 bits per heavy atom. The summed E-state index contributed by atoms with van der Waals surface area (Å²) in [6, 6.07) is 7.93. The van der Waals surface area contributed by atoms with Crippen LogP contribution in [0.2, 0.25) is 0 Å². The van der Waals surface area contributed by atoms with Crippen LogP contribution in [0.15, 0.2) is 24.3 Å². The van der Waals surface area contributed by atoms with Gasteiger partial charge in [-0.15, -0.1) is 0 Å². The highest BCUT2D eigenvalue weighted by molar-refractivity contribution is 5.54. The number of aryl methyl sites for hydroxylation is 2. The fourth-order valence-corrected chi connectivity index (χ4v) is 2.02. The Morgan fingerprint density at radius 2 is 1.95 bits per heavy atom. The number of anilines is 1. The van der Waals surface area contributed by atoms with E-state index in [-0.39, 0.29) is 0 Å². The van der Waals surface area contributed by atoms with Crippen LogP contribution in [0.4, 0.5) is 5.69 Å². The Balaban J connectivity index is 2.12. The van der Waals surface area contributed by atoms with Crippen molar-refractivity contribution in [2.24, 2.45) is 7.05 Å². The molecular weight excluding hydrogens is 254 g/mol. The lowest BCUT2D eigenvalue weighted by Crippen LogP contribution is -1.98. The van der Waals surface area contributed by atoms with Gasteiger partial charge in [-0.3, -0.25) is 0 Å². The van der Waals surface area contributed by atoms with Crippen LogP contribution >= 0.6 is 0 Å². The third-order valence-electron chi connectivity index (χ3n) is 3.17. The van der Waals surface area contributed by atoms with Gasteiger partial charge in [-0.1, -0.05) is 19.1 Å². The lowest BCUT2D eigenvalue weighted by Gasteiger charge is -2.07. The van der Waals surface area contributed by atoms with Crippen LogP contribution in [0.1, 0.15) is 18.2 Å². The Morgan fingerprint density at radius 1 is 1.25 bits per heavy atom. The van der Waals surface area contributed by atoms with Crippen LogP contribution in [0.25, 0.3) is 0 Å². The summed E-state index contributed by atoms with van der Waals surface area (Å²) in [5, 5.41) is 4.33. The molecule has 0 spiro atoms. The third kappa shape index (κ3) is 3.11. The molecule has 2 rings (SSSR count). The van der Waals surface area contributed by atoms with Gasteiger partial charge in [-0.2, -0.15) is 5.10 Å². The van der Waals surface area contributed by atoms with Crippen LogP contribution in [0, 0.1) is 0 Å². The zero-order chi connectivity index (χ0) is 14.5. The second-order valence-electron chi connectivity index (χ2n) is 4.63. The Labute approximate surface area is 119 Å². The average Bonchev–Trinajstić information content (AvgIpc) is 2.74. The molecule has 1 aromatic heterocycles. The lowest BCUT2D eigenvalue weighted by atomic mass is 10.1. The summed E-state index contributed by atoms with van der Waals surface area (Å²) in [6.07, 6.45) is 1.68. The van der Waals surface area contributed by atoms with Gasteiger partial charge in [0.2, 0.25) is 5.88 Å². The molecule has 0 atom stereocenters. The van der Waals surface area contributed by atoms with Gasteiger partial charge in [0, 0.05) is 14.2 Å². The number of methoxy groups -OCH3 is 1. The van der Waals surface area contributed by atoms with E-state index < -0.39 is 0 Å². The molecule has 2 aromatic rings. The van der Waals surface area contributed by atoms with Crippen LogP contribution in [0.5, 0.6) is 11.6 Å². The minimum atomic E-state index is 0.589. The second kappa shape index (κ2) is 6.43. The molecule has 0 saturated heterocycles. The van der Waals surface area contributed by atoms with Gasteiger partial charge >= 0.3 is 0 Å². The maximum absolute atomic E-state index is 6.03. The van der Waals surface area contributed by atoms with Gasteiger partial charge < -0.3 is 15.2 Å². The van der Waals surface area contributed by atoms with Crippen LogP contribution < -0.4 is 10.5 Å². The average molecular weight is 275 g/mol. The van der Waals surface area contributed by atoms with Crippen LogP contribution in [0.3, 0.4) is 0 Å². The minimum Gasteiger partial charge on any atom is -0.437 e. The zero-order valence-electron chi connectivity index (χ0n) is 12.2. The van der Waals surface area contributed by atoms with E-state index in [1.165, 1.54) is 5.56 Å². The minimum absolute atomic E-state index is 0.589. The first-order valence-electron chi connectivity index (χ1n) is 6.72. The number of benzene rings is 1. The Kier molecular flexibility index (Phi) is 4.63. The molecule has 0 saturated carbocycles. The summed E-state index contributed by atoms with van der Waals surface area (Å²) in [5.41, 5.74) is 8.72. The maximum atomic E-state index is 6.03. The van der Waals surface area contributed by atoms with Crippen molar-refractivity contribution in [1.29, 1.82) is 0 Å². The predicted octanol–water partition coefficient (Wildman–Crippen LogP) is 2.55. The monoisotopic (exact) mass is 275 g/mol. The smallest absolute Gasteiger partial charge is 0.241 e. The largest absolute Gasteiger partial charge is 0.437 e. The van der Waals surface area contributed by atoms with E-state index in [4.69, 9.17) is 15.2 Å². The van der Waals surface area contributed by atoms with E-state index in [2.05, 4.69) is 5.10 Å². The summed E-state index contributed by atoms with van der Waals surface area (Å²) < 4.78 is 12.6. The molecular formula is C15H21N3O2. The molecule has 5 heteroatoms. The van der Waals surface area contributed by atoms with Gasteiger partial charge in [0.1, 0.15) is 11.4 Å². The molecule has 0 aliphatic heterocycles. The van der Waals surface area contributed by atoms with E-state index >= 15 is 0 Å². The van der Waals surface area contributed by atoms with E-state index in [1.807, 2.05) is 38.2 Å². The van der Waals surface area contributed by atoms with Crippen molar-refractivity contribution in [3.05, 3.63) is 35.5 Å². The highest BCUT2D eigenvalue weighted by Crippen LogP contribution is 2.29. The molecule has 2 N–H and O–H groups in total. The summed E-state index contributed by atoms with van der Waals surface area (Å²) in [6.45, 7) is 2.74. The van der Waals surface area contributed by atoms with Crippen molar-refractivity contribution >= 4 is 5.69 Å². The summed E-state index contributed by atoms with van der Waals surface area (Å²) in [7, 11) is 3.53. The third-order valence-corrected chi connectivity index (χ3v) is 3.17. The van der Waals surface area contributed by atoms with Crippen molar-refractivity contribution < 1.29 is 9.47 Å². The number of rotatable bonds is 6. The molecule has 0 bridgehead atoms. The van der Waals surface area contributed by atoms with E-state index in [9.17, 15) is 0 Å². The zero-order valence-corrected chi connectivity index (χ0v) is 12.2. The number of hydrogen-bond donors (Lipinski definition) is 1. The quantitative estimate of drug-likeness (QED) is 0.880. The topological polar surface area (TPSA) is 62.3 Å². The molecule has 1 heterocycles. The predicted molar refractivity (Wildman–Crippen MR) is 79.1 cm³/mol. The molecule has 20 heavy (non-hydrogen) atoms. The fraction of sp³-hybridized carbons (Fsp3) is 0.400. The number of hydrogen-bond acceptors (Lipinski definition) is 4.